The van der Waals surface area contributed by atoms with Crippen LogP contribution in [0.5, 0.6) is 0 Å². The van der Waals surface area contributed by atoms with Crippen LogP contribution < -0.4 is 5.73 Å². The topological polar surface area (TPSA) is 49.8 Å². The maximum Gasteiger partial charge on any atom is 0.107 e. The van der Waals surface area contributed by atoms with E-state index in [1.807, 2.05) is 0 Å². The first kappa shape index (κ1) is 5.58. The molecule has 1 fully saturated rings. The maximum atomic E-state index is 8.39. The lowest BCUT2D eigenvalue weighted by molar-refractivity contribution is 0.691. The monoisotopic (exact) mass is 110 g/mol. The summed E-state index contributed by atoms with van der Waals surface area (Å²) in [4.78, 5) is 0. The quantitative estimate of drug-likeness (QED) is 0.538. The summed E-state index contributed by atoms with van der Waals surface area (Å²) in [6.45, 7) is 2.07. The Morgan fingerprint density at radius 2 is 2.62 bits per heavy atom. The van der Waals surface area contributed by atoms with Crippen LogP contribution in [0.25, 0.3) is 0 Å². The molecule has 0 heterocycles. The van der Waals surface area contributed by atoms with Crippen molar-refractivity contribution < 1.29 is 0 Å². The number of nitriles is 1. The first-order chi connectivity index (χ1) is 3.73. The molecule has 2 nitrogen and oxygen atoms in total. The average Bonchev–Trinajstić information content (AvgIpc) is 2.44. The van der Waals surface area contributed by atoms with Gasteiger partial charge in [0.2, 0.25) is 0 Å². The largest absolute Gasteiger partial charge is 0.313 e. The van der Waals surface area contributed by atoms with Crippen LogP contribution in [0.4, 0.5) is 0 Å². The van der Waals surface area contributed by atoms with E-state index in [1.165, 1.54) is 0 Å². The summed E-state index contributed by atoms with van der Waals surface area (Å²) >= 11 is 0. The summed E-state index contributed by atoms with van der Waals surface area (Å²) in [5.74, 6) is 0.479. The fraction of sp³-hybridized carbons (Fsp3) is 0.833. The van der Waals surface area contributed by atoms with Crippen LogP contribution in [-0.4, -0.2) is 5.54 Å². The fourth-order valence-electron chi connectivity index (χ4n) is 0.994. The van der Waals surface area contributed by atoms with Crippen molar-refractivity contribution in [1.82, 2.24) is 0 Å². The van der Waals surface area contributed by atoms with E-state index in [9.17, 15) is 0 Å². The Morgan fingerprint density at radius 3 is 2.75 bits per heavy atom. The third-order valence-electron chi connectivity index (χ3n) is 1.85. The van der Waals surface area contributed by atoms with Gasteiger partial charge in [0, 0.05) is 0 Å². The molecule has 0 aliphatic heterocycles. The second kappa shape index (κ2) is 1.46. The fourth-order valence-corrected chi connectivity index (χ4v) is 0.994. The molecular formula is C6H10N2. The Hall–Kier alpha value is -0.550. The van der Waals surface area contributed by atoms with E-state index in [0.29, 0.717) is 5.92 Å². The van der Waals surface area contributed by atoms with Gasteiger partial charge in [0.1, 0.15) is 5.54 Å². The Bertz CT molecular complexity index is 136. The molecule has 0 spiro atoms. The van der Waals surface area contributed by atoms with Crippen LogP contribution in [0.15, 0.2) is 0 Å². The van der Waals surface area contributed by atoms with E-state index < -0.39 is 5.54 Å². The van der Waals surface area contributed by atoms with Crippen LogP contribution in [0.1, 0.15) is 19.8 Å². The summed E-state index contributed by atoms with van der Waals surface area (Å²) in [6, 6.07) is 2.09. The second-order valence-electron chi connectivity index (χ2n) is 2.46. The van der Waals surface area contributed by atoms with Gasteiger partial charge in [0.05, 0.1) is 6.07 Å². The Morgan fingerprint density at radius 1 is 2.00 bits per heavy atom. The highest BCUT2D eigenvalue weighted by Crippen LogP contribution is 2.42. The van der Waals surface area contributed by atoms with Crippen LogP contribution in [0.2, 0.25) is 0 Å². The lowest BCUT2D eigenvalue weighted by atomic mass is 10.2. The number of hydrogen-bond acceptors (Lipinski definition) is 2. The van der Waals surface area contributed by atoms with Gasteiger partial charge in [-0.3, -0.25) is 0 Å². The molecule has 1 aliphatic rings. The van der Waals surface area contributed by atoms with Crippen molar-refractivity contribution in [3.63, 3.8) is 0 Å². The second-order valence-corrected chi connectivity index (χ2v) is 2.46. The van der Waals surface area contributed by atoms with Crippen molar-refractivity contribution >= 4 is 0 Å². The van der Waals surface area contributed by atoms with Gasteiger partial charge in [0.25, 0.3) is 0 Å². The molecule has 8 heavy (non-hydrogen) atoms. The third kappa shape index (κ3) is 0.597. The van der Waals surface area contributed by atoms with E-state index in [2.05, 4.69) is 13.0 Å². The van der Waals surface area contributed by atoms with Crippen LogP contribution in [-0.2, 0) is 0 Å². The maximum absolute atomic E-state index is 8.39. The molecule has 0 bridgehead atoms. The van der Waals surface area contributed by atoms with Gasteiger partial charge < -0.3 is 5.73 Å². The van der Waals surface area contributed by atoms with Gasteiger partial charge in [-0.2, -0.15) is 5.26 Å². The molecule has 1 aliphatic carbocycles. The summed E-state index contributed by atoms with van der Waals surface area (Å²) in [7, 11) is 0. The molecule has 0 saturated heterocycles. The highest BCUT2D eigenvalue weighted by atomic mass is 14.8. The van der Waals surface area contributed by atoms with E-state index in [4.69, 9.17) is 11.0 Å². The van der Waals surface area contributed by atoms with Crippen molar-refractivity contribution in [3.05, 3.63) is 0 Å². The normalized spacial score (nSPS) is 43.4. The predicted molar refractivity (Wildman–Crippen MR) is 30.9 cm³/mol. The van der Waals surface area contributed by atoms with Crippen molar-refractivity contribution in [2.24, 2.45) is 11.7 Å². The minimum atomic E-state index is -0.436. The summed E-state index contributed by atoms with van der Waals surface area (Å²) in [6.07, 6.45) is 1.95. The van der Waals surface area contributed by atoms with Gasteiger partial charge in [-0.05, 0) is 12.3 Å². The third-order valence-corrected chi connectivity index (χ3v) is 1.85. The Kier molecular flexibility index (Phi) is 1.02. The predicted octanol–water partition coefficient (Wildman–Crippen LogP) is 0.637. The van der Waals surface area contributed by atoms with Gasteiger partial charge in [-0.25, -0.2) is 0 Å². The Balaban J connectivity index is 2.46. The van der Waals surface area contributed by atoms with Gasteiger partial charge >= 0.3 is 0 Å². The number of rotatable bonds is 1. The lowest BCUT2D eigenvalue weighted by Crippen LogP contribution is -2.21. The zero-order valence-corrected chi connectivity index (χ0v) is 5.02. The van der Waals surface area contributed by atoms with Crippen LogP contribution in [0, 0.1) is 17.2 Å². The van der Waals surface area contributed by atoms with Gasteiger partial charge in [0.15, 0.2) is 0 Å². The van der Waals surface area contributed by atoms with Crippen molar-refractivity contribution in [3.8, 4) is 6.07 Å². The number of hydrogen-bond donors (Lipinski definition) is 1. The molecule has 1 saturated carbocycles. The molecule has 0 unspecified atom stereocenters. The van der Waals surface area contributed by atoms with E-state index >= 15 is 0 Å². The summed E-state index contributed by atoms with van der Waals surface area (Å²) < 4.78 is 0. The highest BCUT2D eigenvalue weighted by molar-refractivity contribution is 5.21. The zero-order valence-electron chi connectivity index (χ0n) is 5.02. The minimum Gasteiger partial charge on any atom is -0.313 e. The van der Waals surface area contributed by atoms with Crippen LogP contribution in [0.3, 0.4) is 0 Å². The molecule has 0 radical (unpaired) electrons. The number of nitrogens with two attached hydrogens (primary N) is 1. The SMILES string of the molecule is CC[C@H]1C[C@@]1(N)C#N. The van der Waals surface area contributed by atoms with Crippen molar-refractivity contribution in [1.29, 1.82) is 5.26 Å². The molecule has 1 rings (SSSR count). The molecular weight excluding hydrogens is 100 g/mol. The standard InChI is InChI=1S/C6H10N2/c1-2-5-3-6(5,8)4-7/h5H,2-3,8H2,1H3/t5-,6+/m0/s1. The molecule has 0 aromatic heterocycles. The Labute approximate surface area is 49.3 Å². The molecule has 0 aromatic rings. The van der Waals surface area contributed by atoms with Crippen molar-refractivity contribution in [2.75, 3.05) is 0 Å². The summed E-state index contributed by atoms with van der Waals surface area (Å²) in [5, 5.41) is 8.39. The molecule has 2 heteroatoms. The van der Waals surface area contributed by atoms with Gasteiger partial charge in [-0.1, -0.05) is 13.3 Å². The molecule has 2 atom stereocenters. The van der Waals surface area contributed by atoms with Gasteiger partial charge in [-0.15, -0.1) is 0 Å². The average molecular weight is 110 g/mol. The van der Waals surface area contributed by atoms with Crippen LogP contribution >= 0.6 is 0 Å². The zero-order chi connectivity index (χ0) is 6.20. The molecule has 2 N–H and O–H groups in total. The summed E-state index contributed by atoms with van der Waals surface area (Å²) in [5.41, 5.74) is 5.10. The smallest absolute Gasteiger partial charge is 0.107 e. The minimum absolute atomic E-state index is 0.436. The molecule has 0 aromatic carbocycles. The molecule has 0 amide bonds. The molecule has 44 valence electrons. The number of nitrogens with zero attached hydrogens (tertiary/aromatic N) is 1. The van der Waals surface area contributed by atoms with Crippen molar-refractivity contribution in [2.45, 2.75) is 25.3 Å². The highest BCUT2D eigenvalue weighted by Gasteiger charge is 2.50. The van der Waals surface area contributed by atoms with E-state index in [1.54, 1.807) is 0 Å². The first-order valence-corrected chi connectivity index (χ1v) is 2.93. The first-order valence-electron chi connectivity index (χ1n) is 2.93. The van der Waals surface area contributed by atoms with E-state index in [0.717, 1.165) is 12.8 Å². The van der Waals surface area contributed by atoms with E-state index in [-0.39, 0.29) is 0 Å². The lowest BCUT2D eigenvalue weighted by Gasteiger charge is -1.93.